The second-order valence-electron chi connectivity index (χ2n) is 6.01. The van der Waals surface area contributed by atoms with Crippen molar-refractivity contribution in [2.24, 2.45) is 0 Å². The van der Waals surface area contributed by atoms with E-state index in [1.807, 2.05) is 50.5 Å². The van der Waals surface area contributed by atoms with Crippen molar-refractivity contribution in [1.29, 1.82) is 0 Å². The molecule has 0 bridgehead atoms. The maximum Gasteiger partial charge on any atom is 0.249 e. The molecular formula is C19H22N6. The lowest BCUT2D eigenvalue weighted by molar-refractivity contribution is 0.964. The molecule has 0 spiro atoms. The number of rotatable bonds is 6. The highest BCUT2D eigenvalue weighted by molar-refractivity contribution is 5.59. The van der Waals surface area contributed by atoms with Crippen molar-refractivity contribution < 1.29 is 0 Å². The van der Waals surface area contributed by atoms with E-state index in [9.17, 15) is 0 Å². The molecule has 6 heteroatoms. The highest BCUT2D eigenvalue weighted by Crippen LogP contribution is 2.18. The lowest BCUT2D eigenvalue weighted by atomic mass is 10.1. The number of aromatic nitrogens is 3. The smallest absolute Gasteiger partial charge is 0.249 e. The SMILES string of the molecule is Cc1ccccc1CNc1cnnc(Nc2ccc(N(C)C)cc2)n1. The van der Waals surface area contributed by atoms with E-state index in [1.165, 1.54) is 11.1 Å². The van der Waals surface area contributed by atoms with E-state index in [0.717, 1.165) is 11.4 Å². The van der Waals surface area contributed by atoms with Gasteiger partial charge in [-0.1, -0.05) is 24.3 Å². The molecular weight excluding hydrogens is 312 g/mol. The van der Waals surface area contributed by atoms with Crippen LogP contribution in [0, 0.1) is 6.92 Å². The monoisotopic (exact) mass is 334 g/mol. The van der Waals surface area contributed by atoms with E-state index in [0.29, 0.717) is 18.3 Å². The predicted octanol–water partition coefficient (Wildman–Crippen LogP) is 3.60. The molecule has 1 aromatic heterocycles. The summed E-state index contributed by atoms with van der Waals surface area (Å²) in [6.45, 7) is 2.79. The fourth-order valence-electron chi connectivity index (χ4n) is 2.41. The number of nitrogens with zero attached hydrogens (tertiary/aromatic N) is 4. The summed E-state index contributed by atoms with van der Waals surface area (Å²) in [5.41, 5.74) is 4.54. The van der Waals surface area contributed by atoms with Crippen LogP contribution in [0.25, 0.3) is 0 Å². The van der Waals surface area contributed by atoms with Gasteiger partial charge in [0.25, 0.3) is 0 Å². The number of aryl methyl sites for hydroxylation is 1. The molecule has 1 heterocycles. The molecule has 0 atom stereocenters. The molecule has 0 fully saturated rings. The third kappa shape index (κ3) is 4.44. The van der Waals surface area contributed by atoms with Crippen molar-refractivity contribution in [3.63, 3.8) is 0 Å². The molecule has 0 unspecified atom stereocenters. The molecule has 0 aliphatic rings. The first kappa shape index (κ1) is 16.7. The number of hydrogen-bond acceptors (Lipinski definition) is 6. The Labute approximate surface area is 147 Å². The fourth-order valence-corrected chi connectivity index (χ4v) is 2.41. The molecule has 25 heavy (non-hydrogen) atoms. The molecule has 3 aromatic rings. The van der Waals surface area contributed by atoms with Crippen molar-refractivity contribution in [2.45, 2.75) is 13.5 Å². The van der Waals surface area contributed by atoms with E-state index in [1.54, 1.807) is 6.20 Å². The van der Waals surface area contributed by atoms with Crippen LogP contribution in [-0.4, -0.2) is 29.3 Å². The Morgan fingerprint density at radius 3 is 2.48 bits per heavy atom. The van der Waals surface area contributed by atoms with Crippen LogP contribution in [0.15, 0.2) is 54.7 Å². The highest BCUT2D eigenvalue weighted by atomic mass is 15.3. The first-order chi connectivity index (χ1) is 12.1. The lowest BCUT2D eigenvalue weighted by Crippen LogP contribution is -2.08. The van der Waals surface area contributed by atoms with E-state index >= 15 is 0 Å². The van der Waals surface area contributed by atoms with Gasteiger partial charge in [-0.25, -0.2) is 0 Å². The number of anilines is 4. The summed E-state index contributed by atoms with van der Waals surface area (Å²) in [4.78, 5) is 6.52. The number of nitrogens with one attached hydrogen (secondary N) is 2. The lowest BCUT2D eigenvalue weighted by Gasteiger charge is -2.13. The summed E-state index contributed by atoms with van der Waals surface area (Å²) in [6, 6.07) is 16.3. The summed E-state index contributed by atoms with van der Waals surface area (Å²) in [5, 5.41) is 14.5. The van der Waals surface area contributed by atoms with E-state index in [-0.39, 0.29) is 0 Å². The van der Waals surface area contributed by atoms with E-state index in [2.05, 4.69) is 49.8 Å². The van der Waals surface area contributed by atoms with Gasteiger partial charge in [0.2, 0.25) is 5.95 Å². The minimum Gasteiger partial charge on any atom is -0.378 e. The summed E-state index contributed by atoms with van der Waals surface area (Å²) < 4.78 is 0. The van der Waals surface area contributed by atoms with Gasteiger partial charge in [-0.05, 0) is 42.3 Å². The molecule has 2 aromatic carbocycles. The summed E-state index contributed by atoms with van der Waals surface area (Å²) in [5.74, 6) is 1.15. The average Bonchev–Trinajstić information content (AvgIpc) is 2.62. The average molecular weight is 334 g/mol. The van der Waals surface area contributed by atoms with Gasteiger partial charge in [0.05, 0.1) is 6.20 Å². The number of hydrogen-bond donors (Lipinski definition) is 2. The Hall–Kier alpha value is -3.15. The van der Waals surface area contributed by atoms with Gasteiger partial charge in [0, 0.05) is 32.0 Å². The van der Waals surface area contributed by atoms with Gasteiger partial charge in [0.15, 0.2) is 5.82 Å². The first-order valence-electron chi connectivity index (χ1n) is 8.14. The second-order valence-corrected chi connectivity index (χ2v) is 6.01. The predicted molar refractivity (Wildman–Crippen MR) is 102 cm³/mol. The van der Waals surface area contributed by atoms with Crippen LogP contribution in [0.1, 0.15) is 11.1 Å². The van der Waals surface area contributed by atoms with E-state index < -0.39 is 0 Å². The van der Waals surface area contributed by atoms with Gasteiger partial charge in [-0.2, -0.15) is 10.1 Å². The van der Waals surface area contributed by atoms with Gasteiger partial charge in [-0.15, -0.1) is 5.10 Å². The molecule has 0 saturated heterocycles. The van der Waals surface area contributed by atoms with Crippen molar-refractivity contribution in [1.82, 2.24) is 15.2 Å². The quantitative estimate of drug-likeness (QED) is 0.718. The Bertz CT molecular complexity index is 829. The van der Waals surface area contributed by atoms with Crippen LogP contribution in [0.5, 0.6) is 0 Å². The minimum absolute atomic E-state index is 0.465. The van der Waals surface area contributed by atoms with Crippen LogP contribution in [0.3, 0.4) is 0 Å². The van der Waals surface area contributed by atoms with Crippen molar-refractivity contribution in [3.8, 4) is 0 Å². The molecule has 0 aliphatic heterocycles. The largest absolute Gasteiger partial charge is 0.378 e. The molecule has 128 valence electrons. The topological polar surface area (TPSA) is 66.0 Å². The van der Waals surface area contributed by atoms with Crippen molar-refractivity contribution in [2.75, 3.05) is 29.6 Å². The summed E-state index contributed by atoms with van der Waals surface area (Å²) in [7, 11) is 4.03. The molecule has 0 aliphatic carbocycles. The zero-order valence-corrected chi connectivity index (χ0v) is 14.7. The van der Waals surface area contributed by atoms with E-state index in [4.69, 9.17) is 0 Å². The third-order valence-corrected chi connectivity index (χ3v) is 3.92. The minimum atomic E-state index is 0.465. The van der Waals surface area contributed by atoms with Crippen molar-refractivity contribution in [3.05, 3.63) is 65.9 Å². The Morgan fingerprint density at radius 2 is 1.76 bits per heavy atom. The maximum atomic E-state index is 4.46. The summed E-state index contributed by atoms with van der Waals surface area (Å²) in [6.07, 6.45) is 1.62. The second kappa shape index (κ2) is 7.61. The summed E-state index contributed by atoms with van der Waals surface area (Å²) >= 11 is 0. The molecule has 0 radical (unpaired) electrons. The molecule has 2 N–H and O–H groups in total. The van der Waals surface area contributed by atoms with Gasteiger partial charge in [-0.3, -0.25) is 0 Å². The van der Waals surface area contributed by atoms with Gasteiger partial charge in [0.1, 0.15) is 0 Å². The zero-order valence-electron chi connectivity index (χ0n) is 14.7. The maximum absolute atomic E-state index is 4.46. The van der Waals surface area contributed by atoms with Crippen LogP contribution >= 0.6 is 0 Å². The molecule has 3 rings (SSSR count). The molecule has 0 saturated carbocycles. The zero-order chi connectivity index (χ0) is 17.6. The Morgan fingerprint density at radius 1 is 1.00 bits per heavy atom. The third-order valence-electron chi connectivity index (χ3n) is 3.92. The van der Waals surface area contributed by atoms with Crippen LogP contribution in [0.4, 0.5) is 23.1 Å². The van der Waals surface area contributed by atoms with Crippen LogP contribution < -0.4 is 15.5 Å². The highest BCUT2D eigenvalue weighted by Gasteiger charge is 2.03. The number of benzene rings is 2. The first-order valence-corrected chi connectivity index (χ1v) is 8.14. The standard InChI is InChI=1S/C19H22N6/c1-14-6-4-5-7-15(14)12-20-18-13-21-24-19(23-18)22-16-8-10-17(11-9-16)25(2)3/h4-11,13H,12H2,1-3H3,(H2,20,22,23,24). The van der Waals surface area contributed by atoms with Gasteiger partial charge >= 0.3 is 0 Å². The Kier molecular flexibility index (Phi) is 5.09. The van der Waals surface area contributed by atoms with Gasteiger partial charge < -0.3 is 15.5 Å². The molecule has 0 amide bonds. The molecule has 6 nitrogen and oxygen atoms in total. The fraction of sp³-hybridized carbons (Fsp3) is 0.211. The Balaban J connectivity index is 1.66. The van der Waals surface area contributed by atoms with Crippen LogP contribution in [-0.2, 0) is 6.54 Å². The van der Waals surface area contributed by atoms with Crippen LogP contribution in [0.2, 0.25) is 0 Å². The normalized spacial score (nSPS) is 10.4. The van der Waals surface area contributed by atoms with Crippen molar-refractivity contribution >= 4 is 23.1 Å².